The van der Waals surface area contributed by atoms with Crippen LogP contribution < -0.4 is 5.32 Å². The van der Waals surface area contributed by atoms with Crippen molar-refractivity contribution in [3.63, 3.8) is 0 Å². The molecule has 138 valence electrons. The van der Waals surface area contributed by atoms with E-state index in [0.717, 1.165) is 5.56 Å². The molecule has 2 amide bonds. The van der Waals surface area contributed by atoms with Crippen molar-refractivity contribution in [2.45, 2.75) is 13.0 Å². The molecule has 1 aromatic heterocycles. The summed E-state index contributed by atoms with van der Waals surface area (Å²) >= 11 is 7.28. The van der Waals surface area contributed by atoms with E-state index >= 15 is 0 Å². The zero-order valence-corrected chi connectivity index (χ0v) is 16.3. The third-order valence-corrected chi connectivity index (χ3v) is 4.92. The highest BCUT2D eigenvalue weighted by Gasteiger charge is 2.14. The van der Waals surface area contributed by atoms with Gasteiger partial charge in [0.05, 0.1) is 12.1 Å². The largest absolute Gasteiger partial charge is 0.341 e. The molecule has 0 saturated heterocycles. The van der Waals surface area contributed by atoms with Crippen molar-refractivity contribution in [1.82, 2.24) is 9.88 Å². The van der Waals surface area contributed by atoms with Gasteiger partial charge in [0.2, 0.25) is 5.91 Å². The van der Waals surface area contributed by atoms with Gasteiger partial charge < -0.3 is 4.90 Å². The smallest absolute Gasteiger partial charge is 0.257 e. The van der Waals surface area contributed by atoms with E-state index in [2.05, 4.69) is 10.3 Å². The molecule has 0 atom stereocenters. The molecule has 0 saturated carbocycles. The van der Waals surface area contributed by atoms with Gasteiger partial charge in [-0.15, -0.1) is 11.3 Å². The number of carbonyl (C=O) groups excluding carboxylic acids is 2. The highest BCUT2D eigenvalue weighted by molar-refractivity contribution is 7.14. The summed E-state index contributed by atoms with van der Waals surface area (Å²) in [5.41, 5.74) is 2.16. The minimum absolute atomic E-state index is 0.0544. The second kappa shape index (κ2) is 8.79. The van der Waals surface area contributed by atoms with Crippen LogP contribution >= 0.6 is 22.9 Å². The highest BCUT2D eigenvalue weighted by atomic mass is 35.5. The molecule has 3 aromatic rings. The lowest BCUT2D eigenvalue weighted by molar-refractivity contribution is -0.129. The van der Waals surface area contributed by atoms with Gasteiger partial charge in [-0.2, -0.15) is 0 Å². The van der Waals surface area contributed by atoms with Gasteiger partial charge in [0.1, 0.15) is 0 Å². The van der Waals surface area contributed by atoms with Crippen molar-refractivity contribution in [1.29, 1.82) is 0 Å². The first-order valence-corrected chi connectivity index (χ1v) is 9.56. The van der Waals surface area contributed by atoms with E-state index < -0.39 is 0 Å². The van der Waals surface area contributed by atoms with Crippen LogP contribution in [0.2, 0.25) is 5.02 Å². The SMILES string of the molecule is CN(Cc1cccc(Cl)c1)C(=O)Cc1csc(NC(=O)c2ccccc2)n1. The highest BCUT2D eigenvalue weighted by Crippen LogP contribution is 2.18. The number of amides is 2. The van der Waals surface area contributed by atoms with E-state index in [0.29, 0.717) is 28.0 Å². The van der Waals surface area contributed by atoms with Crippen LogP contribution in [-0.2, 0) is 17.8 Å². The number of nitrogens with zero attached hydrogens (tertiary/aromatic N) is 2. The fourth-order valence-corrected chi connectivity index (χ4v) is 3.41. The third kappa shape index (κ3) is 5.39. The van der Waals surface area contributed by atoms with Crippen LogP contribution in [0.3, 0.4) is 0 Å². The standard InChI is InChI=1S/C20H18ClN3O2S/c1-24(12-14-6-5-9-16(21)10-14)18(25)11-17-13-27-20(22-17)23-19(26)15-7-3-2-4-8-15/h2-10,13H,11-12H2,1H3,(H,22,23,26). The average molecular weight is 400 g/mol. The van der Waals surface area contributed by atoms with E-state index in [9.17, 15) is 9.59 Å². The number of hydrogen-bond acceptors (Lipinski definition) is 4. The molecule has 0 spiro atoms. The first-order chi connectivity index (χ1) is 13.0. The van der Waals surface area contributed by atoms with Crippen LogP contribution in [0, 0.1) is 0 Å². The van der Waals surface area contributed by atoms with Crippen LogP contribution in [0.4, 0.5) is 5.13 Å². The van der Waals surface area contributed by atoms with Crippen molar-refractivity contribution in [2.24, 2.45) is 0 Å². The molecule has 2 aromatic carbocycles. The number of halogens is 1. The number of thiazole rings is 1. The fourth-order valence-electron chi connectivity index (χ4n) is 2.49. The molecule has 0 aliphatic heterocycles. The average Bonchev–Trinajstić information content (AvgIpc) is 3.09. The number of anilines is 1. The molecule has 0 radical (unpaired) electrons. The van der Waals surface area contributed by atoms with Crippen LogP contribution in [-0.4, -0.2) is 28.7 Å². The number of benzene rings is 2. The van der Waals surface area contributed by atoms with Crippen LogP contribution in [0.15, 0.2) is 60.0 Å². The summed E-state index contributed by atoms with van der Waals surface area (Å²) in [4.78, 5) is 30.5. The van der Waals surface area contributed by atoms with Gasteiger partial charge in [0.25, 0.3) is 5.91 Å². The monoisotopic (exact) mass is 399 g/mol. The van der Waals surface area contributed by atoms with E-state index in [1.54, 1.807) is 47.7 Å². The Kier molecular flexibility index (Phi) is 6.21. The predicted molar refractivity (Wildman–Crippen MR) is 108 cm³/mol. The first-order valence-electron chi connectivity index (χ1n) is 8.30. The number of rotatable bonds is 6. The normalized spacial score (nSPS) is 10.4. The van der Waals surface area contributed by atoms with Gasteiger partial charge >= 0.3 is 0 Å². The van der Waals surface area contributed by atoms with Crippen LogP contribution in [0.5, 0.6) is 0 Å². The number of carbonyl (C=O) groups is 2. The maximum Gasteiger partial charge on any atom is 0.257 e. The van der Waals surface area contributed by atoms with E-state index in [1.807, 2.05) is 24.3 Å². The summed E-state index contributed by atoms with van der Waals surface area (Å²) in [5.74, 6) is -0.276. The van der Waals surface area contributed by atoms with E-state index in [4.69, 9.17) is 11.6 Å². The Morgan fingerprint density at radius 1 is 1.15 bits per heavy atom. The topological polar surface area (TPSA) is 62.3 Å². The van der Waals surface area contributed by atoms with Gasteiger partial charge in [-0.05, 0) is 29.8 Å². The van der Waals surface area contributed by atoms with Gasteiger partial charge in [0.15, 0.2) is 5.13 Å². The van der Waals surface area contributed by atoms with Crippen molar-refractivity contribution in [2.75, 3.05) is 12.4 Å². The lowest BCUT2D eigenvalue weighted by Crippen LogP contribution is -2.27. The second-order valence-electron chi connectivity index (χ2n) is 6.02. The molecule has 1 N–H and O–H groups in total. The lowest BCUT2D eigenvalue weighted by Gasteiger charge is -2.16. The summed E-state index contributed by atoms with van der Waals surface area (Å²) < 4.78 is 0. The third-order valence-electron chi connectivity index (χ3n) is 3.88. The number of likely N-dealkylation sites (N-methyl/N-ethyl adjacent to an activating group) is 1. The maximum absolute atomic E-state index is 12.4. The summed E-state index contributed by atoms with van der Waals surface area (Å²) in [5, 5.41) is 5.66. The number of hydrogen-bond donors (Lipinski definition) is 1. The van der Waals surface area contributed by atoms with Crippen molar-refractivity contribution >= 4 is 39.9 Å². The van der Waals surface area contributed by atoms with Crippen LogP contribution in [0.1, 0.15) is 21.6 Å². The molecule has 0 bridgehead atoms. The Labute approximate surface area is 166 Å². The molecule has 0 aliphatic carbocycles. The van der Waals surface area contributed by atoms with E-state index in [1.165, 1.54) is 11.3 Å². The molecular weight excluding hydrogens is 382 g/mol. The Balaban J connectivity index is 1.56. The molecular formula is C20H18ClN3O2S. The number of nitrogens with one attached hydrogen (secondary N) is 1. The van der Waals surface area contributed by atoms with Crippen LogP contribution in [0.25, 0.3) is 0 Å². The zero-order chi connectivity index (χ0) is 19.2. The molecule has 0 fully saturated rings. The van der Waals surface area contributed by atoms with Gasteiger partial charge in [0, 0.05) is 29.6 Å². The van der Waals surface area contributed by atoms with Crippen molar-refractivity contribution < 1.29 is 9.59 Å². The van der Waals surface area contributed by atoms with Crippen molar-refractivity contribution in [3.05, 3.63) is 81.8 Å². The molecule has 27 heavy (non-hydrogen) atoms. The molecule has 3 rings (SSSR count). The molecule has 0 aliphatic rings. The molecule has 5 nitrogen and oxygen atoms in total. The Hall–Kier alpha value is -2.70. The van der Waals surface area contributed by atoms with Gasteiger partial charge in [-0.1, -0.05) is 41.9 Å². The predicted octanol–water partition coefficient (Wildman–Crippen LogP) is 4.25. The Morgan fingerprint density at radius 3 is 2.67 bits per heavy atom. The maximum atomic E-state index is 12.4. The molecule has 0 unspecified atom stereocenters. The van der Waals surface area contributed by atoms with Gasteiger partial charge in [-0.3, -0.25) is 14.9 Å². The quantitative estimate of drug-likeness (QED) is 0.674. The van der Waals surface area contributed by atoms with E-state index in [-0.39, 0.29) is 18.2 Å². The minimum Gasteiger partial charge on any atom is -0.341 e. The summed E-state index contributed by atoms with van der Waals surface area (Å²) in [6, 6.07) is 16.3. The molecule has 7 heteroatoms. The van der Waals surface area contributed by atoms with Crippen molar-refractivity contribution in [3.8, 4) is 0 Å². The lowest BCUT2D eigenvalue weighted by atomic mass is 10.2. The molecule has 1 heterocycles. The summed E-state index contributed by atoms with van der Waals surface area (Å²) in [7, 11) is 1.74. The Bertz CT molecular complexity index is 943. The fraction of sp³-hybridized carbons (Fsp3) is 0.150. The first kappa shape index (κ1) is 19.1. The zero-order valence-electron chi connectivity index (χ0n) is 14.7. The Morgan fingerprint density at radius 2 is 1.93 bits per heavy atom. The van der Waals surface area contributed by atoms with Gasteiger partial charge in [-0.25, -0.2) is 4.98 Å². The summed E-state index contributed by atoms with van der Waals surface area (Å²) in [6.45, 7) is 0.473. The summed E-state index contributed by atoms with van der Waals surface area (Å²) in [6.07, 6.45) is 0.175. The second-order valence-corrected chi connectivity index (χ2v) is 7.32. The number of aromatic nitrogens is 1. The minimum atomic E-state index is -0.221.